The minimum Gasteiger partial charge on any atom is -0.318 e. The number of amides is 1. The molecule has 21 heavy (non-hydrogen) atoms. The van der Waals surface area contributed by atoms with Gasteiger partial charge in [0, 0.05) is 10.9 Å². The third kappa shape index (κ3) is 2.88. The molecule has 1 saturated carbocycles. The van der Waals surface area contributed by atoms with Crippen molar-refractivity contribution in [3.8, 4) is 0 Å². The second kappa shape index (κ2) is 6.49. The molecule has 2 fully saturated rings. The molecule has 4 heteroatoms. The lowest BCUT2D eigenvalue weighted by molar-refractivity contribution is -0.133. The number of hydrogen-bond acceptors (Lipinski definition) is 3. The molecule has 2 aliphatic rings. The van der Waals surface area contributed by atoms with Gasteiger partial charge >= 0.3 is 0 Å². The number of carbonyl (C=O) groups excluding carboxylic acids is 1. The van der Waals surface area contributed by atoms with Crippen LogP contribution in [0.3, 0.4) is 0 Å². The summed E-state index contributed by atoms with van der Waals surface area (Å²) in [7, 11) is 0. The molecule has 2 heterocycles. The fourth-order valence-corrected chi connectivity index (χ4v) is 4.67. The molecule has 1 aromatic rings. The summed E-state index contributed by atoms with van der Waals surface area (Å²) in [6, 6.07) is 4.56. The molecule has 0 aromatic carbocycles. The molecule has 3 unspecified atom stereocenters. The van der Waals surface area contributed by atoms with E-state index in [0.717, 1.165) is 6.42 Å². The fourth-order valence-electron chi connectivity index (χ4n) is 3.89. The molecule has 1 aliphatic heterocycles. The van der Waals surface area contributed by atoms with Crippen LogP contribution in [0, 0.1) is 5.92 Å². The van der Waals surface area contributed by atoms with Gasteiger partial charge in [-0.05, 0) is 43.6 Å². The normalized spacial score (nSPS) is 29.0. The van der Waals surface area contributed by atoms with E-state index in [1.165, 1.54) is 37.0 Å². The average molecular weight is 306 g/mol. The van der Waals surface area contributed by atoms with E-state index in [2.05, 4.69) is 41.6 Å². The van der Waals surface area contributed by atoms with Crippen molar-refractivity contribution < 1.29 is 4.79 Å². The molecule has 3 nitrogen and oxygen atoms in total. The number of rotatable bonds is 4. The third-order valence-corrected chi connectivity index (χ3v) is 6.11. The highest BCUT2D eigenvalue weighted by molar-refractivity contribution is 7.10. The van der Waals surface area contributed by atoms with Gasteiger partial charge in [0.05, 0.1) is 6.04 Å². The Balaban J connectivity index is 1.83. The van der Waals surface area contributed by atoms with Gasteiger partial charge in [-0.25, -0.2) is 0 Å². The van der Waals surface area contributed by atoms with E-state index >= 15 is 0 Å². The quantitative estimate of drug-likeness (QED) is 0.914. The van der Waals surface area contributed by atoms with E-state index in [-0.39, 0.29) is 12.2 Å². The predicted octanol–water partition coefficient (Wildman–Crippen LogP) is 3.93. The Morgan fingerprint density at radius 2 is 2.14 bits per heavy atom. The van der Waals surface area contributed by atoms with Crippen LogP contribution in [0.5, 0.6) is 0 Å². The number of nitrogens with one attached hydrogen (secondary N) is 1. The van der Waals surface area contributed by atoms with Crippen molar-refractivity contribution in [2.45, 2.75) is 70.6 Å². The monoisotopic (exact) mass is 306 g/mol. The Labute approximate surface area is 131 Å². The van der Waals surface area contributed by atoms with E-state index in [4.69, 9.17) is 0 Å². The first-order valence-electron chi connectivity index (χ1n) is 8.34. The summed E-state index contributed by atoms with van der Waals surface area (Å²) in [4.78, 5) is 16.2. The van der Waals surface area contributed by atoms with Crippen molar-refractivity contribution in [1.29, 1.82) is 0 Å². The second-order valence-corrected chi connectivity index (χ2v) is 7.41. The van der Waals surface area contributed by atoms with Gasteiger partial charge in [0.25, 0.3) is 0 Å². The van der Waals surface area contributed by atoms with Gasteiger partial charge in [-0.15, -0.1) is 11.3 Å². The van der Waals surface area contributed by atoms with E-state index in [0.29, 0.717) is 17.9 Å². The highest BCUT2D eigenvalue weighted by atomic mass is 32.1. The largest absolute Gasteiger partial charge is 0.318 e. The predicted molar refractivity (Wildman–Crippen MR) is 87.2 cm³/mol. The van der Waals surface area contributed by atoms with Crippen molar-refractivity contribution in [2.75, 3.05) is 0 Å². The SMILES string of the molecule is CCC1NC(c2cccs2)N(C(C)C2CCCCC2)C1=O. The first-order chi connectivity index (χ1) is 10.2. The minimum atomic E-state index is -0.0110. The van der Waals surface area contributed by atoms with Gasteiger partial charge in [0.15, 0.2) is 0 Å². The van der Waals surface area contributed by atoms with Crippen LogP contribution < -0.4 is 5.32 Å². The standard InChI is InChI=1S/C17H26N2OS/c1-3-14-17(20)19(12(2)13-8-5-4-6-9-13)16(18-14)15-10-7-11-21-15/h7,10-14,16,18H,3-6,8-9H2,1-2H3. The topological polar surface area (TPSA) is 32.3 Å². The highest BCUT2D eigenvalue weighted by Crippen LogP contribution is 2.36. The molecule has 3 rings (SSSR count). The van der Waals surface area contributed by atoms with Crippen LogP contribution in [-0.4, -0.2) is 22.9 Å². The van der Waals surface area contributed by atoms with Crippen molar-refractivity contribution in [2.24, 2.45) is 5.92 Å². The molecule has 1 N–H and O–H groups in total. The van der Waals surface area contributed by atoms with Gasteiger partial charge in [0.1, 0.15) is 6.17 Å². The second-order valence-electron chi connectivity index (χ2n) is 6.43. The Kier molecular flexibility index (Phi) is 4.65. The molecular formula is C17H26N2OS. The van der Waals surface area contributed by atoms with Crippen LogP contribution in [0.25, 0.3) is 0 Å². The lowest BCUT2D eigenvalue weighted by atomic mass is 9.83. The molecule has 0 spiro atoms. The summed E-state index contributed by atoms with van der Waals surface area (Å²) in [5, 5.41) is 5.65. The maximum atomic E-state index is 12.8. The molecule has 116 valence electrons. The minimum absolute atomic E-state index is 0.0110. The van der Waals surface area contributed by atoms with Gasteiger partial charge in [0.2, 0.25) is 5.91 Å². The molecule has 0 radical (unpaired) electrons. The summed E-state index contributed by atoms with van der Waals surface area (Å²) >= 11 is 1.75. The molecular weight excluding hydrogens is 280 g/mol. The molecule has 1 amide bonds. The molecule has 3 atom stereocenters. The van der Waals surface area contributed by atoms with E-state index in [1.54, 1.807) is 11.3 Å². The summed E-state index contributed by atoms with van der Waals surface area (Å²) in [5.41, 5.74) is 0. The maximum Gasteiger partial charge on any atom is 0.241 e. The third-order valence-electron chi connectivity index (χ3n) is 5.18. The van der Waals surface area contributed by atoms with Crippen LogP contribution >= 0.6 is 11.3 Å². The van der Waals surface area contributed by atoms with Crippen molar-refractivity contribution >= 4 is 17.2 Å². The first-order valence-corrected chi connectivity index (χ1v) is 9.22. The molecule has 1 aliphatic carbocycles. The zero-order valence-corrected chi connectivity index (χ0v) is 13.9. The summed E-state index contributed by atoms with van der Waals surface area (Å²) < 4.78 is 0. The summed E-state index contributed by atoms with van der Waals surface area (Å²) in [5.74, 6) is 0.969. The lowest BCUT2D eigenvalue weighted by Gasteiger charge is -2.37. The number of hydrogen-bond donors (Lipinski definition) is 1. The maximum absolute atomic E-state index is 12.8. The van der Waals surface area contributed by atoms with E-state index in [1.807, 2.05) is 0 Å². The number of thiophene rings is 1. The fraction of sp³-hybridized carbons (Fsp3) is 0.706. The van der Waals surface area contributed by atoms with Gasteiger partial charge in [-0.3, -0.25) is 10.1 Å². The Morgan fingerprint density at radius 1 is 1.38 bits per heavy atom. The van der Waals surface area contributed by atoms with Crippen molar-refractivity contribution in [3.63, 3.8) is 0 Å². The first kappa shape index (κ1) is 15.0. The van der Waals surface area contributed by atoms with Crippen molar-refractivity contribution in [1.82, 2.24) is 10.2 Å². The van der Waals surface area contributed by atoms with E-state index < -0.39 is 0 Å². The Morgan fingerprint density at radius 3 is 2.76 bits per heavy atom. The average Bonchev–Trinajstić information content (AvgIpc) is 3.15. The highest BCUT2D eigenvalue weighted by Gasteiger charge is 2.43. The zero-order valence-electron chi connectivity index (χ0n) is 13.0. The van der Waals surface area contributed by atoms with Crippen LogP contribution in [0.15, 0.2) is 17.5 Å². The summed E-state index contributed by atoms with van der Waals surface area (Å²) in [6.45, 7) is 4.35. The smallest absolute Gasteiger partial charge is 0.241 e. The molecule has 1 aromatic heterocycles. The summed E-state index contributed by atoms with van der Waals surface area (Å²) in [6.07, 6.45) is 7.52. The Hall–Kier alpha value is -0.870. The van der Waals surface area contributed by atoms with Crippen LogP contribution in [0.4, 0.5) is 0 Å². The number of carbonyl (C=O) groups is 1. The van der Waals surface area contributed by atoms with Crippen LogP contribution in [0.1, 0.15) is 63.4 Å². The van der Waals surface area contributed by atoms with Gasteiger partial charge < -0.3 is 4.90 Å². The van der Waals surface area contributed by atoms with Crippen molar-refractivity contribution in [3.05, 3.63) is 22.4 Å². The molecule has 0 bridgehead atoms. The molecule has 1 saturated heterocycles. The van der Waals surface area contributed by atoms with Crippen LogP contribution in [-0.2, 0) is 4.79 Å². The van der Waals surface area contributed by atoms with Crippen LogP contribution in [0.2, 0.25) is 0 Å². The lowest BCUT2D eigenvalue weighted by Crippen LogP contribution is -2.43. The van der Waals surface area contributed by atoms with E-state index in [9.17, 15) is 4.79 Å². The van der Waals surface area contributed by atoms with Gasteiger partial charge in [-0.1, -0.05) is 32.3 Å². The zero-order chi connectivity index (χ0) is 14.8. The Bertz CT molecular complexity index is 467. The number of nitrogens with zero attached hydrogens (tertiary/aromatic N) is 1. The van der Waals surface area contributed by atoms with Gasteiger partial charge in [-0.2, -0.15) is 0 Å².